The number of thioether (sulfide) groups is 1. The van der Waals surface area contributed by atoms with Crippen molar-refractivity contribution in [2.45, 2.75) is 13.8 Å². The van der Waals surface area contributed by atoms with E-state index in [4.69, 9.17) is 16.6 Å². The van der Waals surface area contributed by atoms with Crippen LogP contribution in [0.1, 0.15) is 16.9 Å². The highest BCUT2D eigenvalue weighted by molar-refractivity contribution is 8.26. The first-order valence-corrected chi connectivity index (χ1v) is 9.26. The van der Waals surface area contributed by atoms with Crippen molar-refractivity contribution in [1.82, 2.24) is 4.90 Å². The van der Waals surface area contributed by atoms with Gasteiger partial charge >= 0.3 is 0 Å². The van der Waals surface area contributed by atoms with Gasteiger partial charge in [0, 0.05) is 29.8 Å². The van der Waals surface area contributed by atoms with E-state index in [1.54, 1.807) is 31.2 Å². The lowest BCUT2D eigenvalue weighted by molar-refractivity contribution is -0.385. The van der Waals surface area contributed by atoms with Gasteiger partial charge in [0.2, 0.25) is 0 Å². The van der Waals surface area contributed by atoms with E-state index in [2.05, 4.69) is 6.58 Å². The molecule has 1 aliphatic heterocycles. The molecule has 0 aliphatic carbocycles. The highest BCUT2D eigenvalue weighted by Crippen LogP contribution is 2.34. The Morgan fingerprint density at radius 1 is 1.37 bits per heavy atom. The maximum atomic E-state index is 12.4. The van der Waals surface area contributed by atoms with Gasteiger partial charge in [-0.1, -0.05) is 30.1 Å². The highest BCUT2D eigenvalue weighted by Gasteiger charge is 2.31. The van der Waals surface area contributed by atoms with Crippen LogP contribution in [-0.4, -0.2) is 26.6 Å². The number of nitro groups is 1. The summed E-state index contributed by atoms with van der Waals surface area (Å²) in [6.45, 7) is 7.52. The van der Waals surface area contributed by atoms with E-state index >= 15 is 0 Å². The summed E-state index contributed by atoms with van der Waals surface area (Å²) in [6, 6.07) is 6.78. The van der Waals surface area contributed by atoms with Gasteiger partial charge in [-0.05, 0) is 37.6 Å². The van der Waals surface area contributed by atoms with Gasteiger partial charge in [-0.25, -0.2) is 0 Å². The SMILES string of the molecule is C=CCN1C(=O)/C(=C\c2ccc(-c3cc(C)c(C)c([N+](=O)[O-])c3)o2)SC1=S. The first-order valence-electron chi connectivity index (χ1n) is 8.04. The second kappa shape index (κ2) is 7.50. The van der Waals surface area contributed by atoms with Gasteiger partial charge in [0.25, 0.3) is 11.6 Å². The van der Waals surface area contributed by atoms with Crippen molar-refractivity contribution in [3.8, 4) is 11.3 Å². The number of carbonyl (C=O) groups excluding carboxylic acids is 1. The molecule has 8 heteroatoms. The van der Waals surface area contributed by atoms with Crippen LogP contribution in [0, 0.1) is 24.0 Å². The Kier molecular flexibility index (Phi) is 5.29. The molecule has 0 atom stereocenters. The molecule has 0 spiro atoms. The van der Waals surface area contributed by atoms with E-state index in [0.29, 0.717) is 38.4 Å². The zero-order valence-corrected chi connectivity index (χ0v) is 16.4. The van der Waals surface area contributed by atoms with Crippen molar-refractivity contribution in [3.63, 3.8) is 0 Å². The van der Waals surface area contributed by atoms with Crippen LogP contribution in [0.5, 0.6) is 0 Å². The number of nitro benzene ring substituents is 1. The molecule has 0 radical (unpaired) electrons. The number of amides is 1. The zero-order chi connectivity index (χ0) is 19.7. The fourth-order valence-electron chi connectivity index (χ4n) is 2.67. The Morgan fingerprint density at radius 2 is 2.11 bits per heavy atom. The van der Waals surface area contributed by atoms with Gasteiger partial charge in [0.1, 0.15) is 15.8 Å². The minimum atomic E-state index is -0.402. The molecule has 0 unspecified atom stereocenters. The van der Waals surface area contributed by atoms with E-state index < -0.39 is 4.92 Å². The Balaban J connectivity index is 1.92. The first-order chi connectivity index (χ1) is 12.8. The Bertz CT molecular complexity index is 1010. The van der Waals surface area contributed by atoms with Gasteiger partial charge in [-0.2, -0.15) is 0 Å². The van der Waals surface area contributed by atoms with E-state index in [0.717, 1.165) is 5.56 Å². The summed E-state index contributed by atoms with van der Waals surface area (Å²) in [4.78, 5) is 25.2. The number of furan rings is 1. The monoisotopic (exact) mass is 400 g/mol. The van der Waals surface area contributed by atoms with Crippen molar-refractivity contribution in [2.75, 3.05) is 6.54 Å². The second-order valence-corrected chi connectivity index (χ2v) is 7.65. The quantitative estimate of drug-likeness (QED) is 0.235. The van der Waals surface area contributed by atoms with Crippen molar-refractivity contribution in [1.29, 1.82) is 0 Å². The molecule has 1 aromatic heterocycles. The lowest BCUT2D eigenvalue weighted by Crippen LogP contribution is -2.27. The molecule has 1 aromatic carbocycles. The summed E-state index contributed by atoms with van der Waals surface area (Å²) in [5, 5.41) is 11.2. The van der Waals surface area contributed by atoms with Crippen LogP contribution in [-0.2, 0) is 4.79 Å². The number of benzene rings is 1. The number of rotatable bonds is 5. The van der Waals surface area contributed by atoms with E-state index in [-0.39, 0.29) is 11.6 Å². The lowest BCUT2D eigenvalue weighted by Gasteiger charge is -2.10. The highest BCUT2D eigenvalue weighted by atomic mass is 32.2. The minimum Gasteiger partial charge on any atom is -0.457 e. The molecular formula is C19H16N2O4S2. The first kappa shape index (κ1) is 19.1. The fourth-order valence-corrected chi connectivity index (χ4v) is 3.93. The molecule has 1 fully saturated rings. The molecule has 27 heavy (non-hydrogen) atoms. The number of carbonyl (C=O) groups is 1. The molecule has 1 aliphatic rings. The summed E-state index contributed by atoms with van der Waals surface area (Å²) in [6.07, 6.45) is 3.24. The molecule has 6 nitrogen and oxygen atoms in total. The van der Waals surface area contributed by atoms with Gasteiger partial charge in [-0.15, -0.1) is 6.58 Å². The predicted molar refractivity (Wildman–Crippen MR) is 110 cm³/mol. The van der Waals surface area contributed by atoms with Gasteiger partial charge in [-0.3, -0.25) is 19.8 Å². The normalized spacial score (nSPS) is 15.6. The third-order valence-electron chi connectivity index (χ3n) is 4.21. The average Bonchev–Trinajstić information content (AvgIpc) is 3.18. The Morgan fingerprint density at radius 3 is 2.78 bits per heavy atom. The van der Waals surface area contributed by atoms with E-state index in [1.807, 2.05) is 13.0 Å². The molecule has 138 valence electrons. The fraction of sp³-hybridized carbons (Fsp3) is 0.158. The van der Waals surface area contributed by atoms with E-state index in [9.17, 15) is 14.9 Å². The van der Waals surface area contributed by atoms with Gasteiger partial charge < -0.3 is 4.42 Å². The molecule has 1 amide bonds. The van der Waals surface area contributed by atoms with Crippen molar-refractivity contribution < 1.29 is 14.1 Å². The smallest absolute Gasteiger partial charge is 0.273 e. The standard InChI is InChI=1S/C19H16N2O4S2/c1-4-7-20-18(22)17(27-19(20)26)10-14-5-6-16(25-14)13-8-11(2)12(3)15(9-13)21(23)24/h4-6,8-10H,1,7H2,2-3H3/b17-10+. The van der Waals surface area contributed by atoms with Crippen LogP contribution in [0.3, 0.4) is 0 Å². The molecule has 1 saturated heterocycles. The predicted octanol–water partition coefficient (Wildman–Crippen LogP) is 4.86. The van der Waals surface area contributed by atoms with Gasteiger partial charge in [0.05, 0.1) is 9.83 Å². The minimum absolute atomic E-state index is 0.0493. The van der Waals surface area contributed by atoms with E-state index in [1.165, 1.54) is 22.7 Å². The lowest BCUT2D eigenvalue weighted by atomic mass is 10.0. The summed E-state index contributed by atoms with van der Waals surface area (Å²) in [7, 11) is 0. The van der Waals surface area contributed by atoms with Crippen molar-refractivity contribution >= 4 is 46.0 Å². The molecule has 3 rings (SSSR count). The molecule has 2 heterocycles. The largest absolute Gasteiger partial charge is 0.457 e. The third-order valence-corrected chi connectivity index (χ3v) is 5.58. The topological polar surface area (TPSA) is 76.6 Å². The second-order valence-electron chi connectivity index (χ2n) is 5.98. The maximum Gasteiger partial charge on any atom is 0.273 e. The molecule has 0 saturated carbocycles. The van der Waals surface area contributed by atoms with Crippen LogP contribution < -0.4 is 0 Å². The van der Waals surface area contributed by atoms with Crippen LogP contribution in [0.2, 0.25) is 0 Å². The summed E-state index contributed by atoms with van der Waals surface area (Å²) >= 11 is 6.41. The number of aryl methyl sites for hydroxylation is 1. The summed E-state index contributed by atoms with van der Waals surface area (Å²) < 4.78 is 6.27. The van der Waals surface area contributed by atoms with Crippen molar-refractivity contribution in [3.05, 3.63) is 68.8 Å². The zero-order valence-electron chi connectivity index (χ0n) is 14.7. The van der Waals surface area contributed by atoms with Crippen molar-refractivity contribution in [2.24, 2.45) is 0 Å². The Labute approximate surface area is 165 Å². The number of hydrogen-bond acceptors (Lipinski definition) is 6. The van der Waals surface area contributed by atoms with Crippen LogP contribution in [0.15, 0.2) is 46.2 Å². The molecule has 2 aromatic rings. The molecule has 0 bridgehead atoms. The summed E-state index contributed by atoms with van der Waals surface area (Å²) in [5.41, 5.74) is 2.10. The number of thiocarbonyl (C=S) groups is 1. The number of hydrogen-bond donors (Lipinski definition) is 0. The van der Waals surface area contributed by atoms with Crippen LogP contribution in [0.25, 0.3) is 17.4 Å². The summed E-state index contributed by atoms with van der Waals surface area (Å²) in [5.74, 6) is 0.781. The maximum absolute atomic E-state index is 12.4. The molecule has 0 N–H and O–H groups in total. The van der Waals surface area contributed by atoms with Gasteiger partial charge in [0.15, 0.2) is 0 Å². The third kappa shape index (κ3) is 3.72. The average molecular weight is 400 g/mol. The van der Waals surface area contributed by atoms with Crippen LogP contribution in [0.4, 0.5) is 5.69 Å². The molecular weight excluding hydrogens is 384 g/mol. The van der Waals surface area contributed by atoms with Crippen LogP contribution >= 0.6 is 24.0 Å². The Hall–Kier alpha value is -2.71. The number of nitrogens with zero attached hydrogens (tertiary/aromatic N) is 2.